The van der Waals surface area contributed by atoms with Crippen LogP contribution in [-0.4, -0.2) is 22.1 Å². The van der Waals surface area contributed by atoms with E-state index in [0.29, 0.717) is 29.3 Å². The number of nitrogens with zero attached hydrogens (tertiary/aromatic N) is 2. The number of hydrogen-bond acceptors (Lipinski definition) is 5. The fourth-order valence-electron chi connectivity index (χ4n) is 2.76. The van der Waals surface area contributed by atoms with Crippen molar-refractivity contribution in [2.45, 2.75) is 26.2 Å². The maximum Gasteiger partial charge on any atom is 0.262 e. The van der Waals surface area contributed by atoms with E-state index in [1.807, 2.05) is 0 Å². The molecule has 2 heterocycles. The first-order chi connectivity index (χ1) is 13.9. The van der Waals surface area contributed by atoms with Crippen molar-refractivity contribution >= 4 is 15.9 Å². The predicted molar refractivity (Wildman–Crippen MR) is 105 cm³/mol. The minimum absolute atomic E-state index is 0.156. The van der Waals surface area contributed by atoms with Crippen molar-refractivity contribution in [3.05, 3.63) is 91.3 Å². The number of pyridine rings is 1. The number of rotatable bonds is 7. The molecule has 0 bridgehead atoms. The zero-order chi connectivity index (χ0) is 21.0. The van der Waals surface area contributed by atoms with Crippen LogP contribution in [0, 0.1) is 18.6 Å². The van der Waals surface area contributed by atoms with Gasteiger partial charge in [-0.2, -0.15) is 0 Å². The van der Waals surface area contributed by atoms with Crippen LogP contribution in [0.2, 0.25) is 0 Å². The van der Waals surface area contributed by atoms with Gasteiger partial charge in [-0.1, -0.05) is 6.07 Å². The zero-order valence-electron chi connectivity index (χ0n) is 15.7. The van der Waals surface area contributed by atoms with Crippen LogP contribution in [-0.2, 0) is 22.7 Å². The summed E-state index contributed by atoms with van der Waals surface area (Å²) in [5, 5.41) is 0. The molecule has 0 aliphatic heterocycles. The number of halogens is 3. The normalized spacial score (nSPS) is 12.2. The summed E-state index contributed by atoms with van der Waals surface area (Å²) in [7, 11) is 1.55. The molecule has 0 saturated carbocycles. The number of hydrogen-bond donors (Lipinski definition) is 1. The van der Waals surface area contributed by atoms with Crippen LogP contribution < -0.4 is 5.56 Å². The van der Waals surface area contributed by atoms with Gasteiger partial charge in [-0.25, -0.2) is 8.78 Å². The van der Waals surface area contributed by atoms with Gasteiger partial charge in [0.2, 0.25) is 0 Å². The Bertz CT molecular complexity index is 1060. The molecule has 3 aromatic rings. The smallest absolute Gasteiger partial charge is 0.262 e. The molecule has 1 unspecified atom stereocenters. The first-order valence-corrected chi connectivity index (χ1v) is 9.43. The molecule has 1 N–H and O–H groups in total. The minimum atomic E-state index is -0.807. The van der Waals surface area contributed by atoms with Gasteiger partial charge in [0, 0.05) is 30.0 Å². The van der Waals surface area contributed by atoms with E-state index >= 15 is 0 Å². The molecule has 0 aliphatic carbocycles. The van der Waals surface area contributed by atoms with Gasteiger partial charge in [-0.05, 0) is 35.0 Å². The molecule has 1 atom stereocenters. The van der Waals surface area contributed by atoms with E-state index in [-0.39, 0.29) is 22.2 Å². The monoisotopic (exact) mass is 465 g/mol. The van der Waals surface area contributed by atoms with Crippen LogP contribution >= 0.6 is 15.9 Å². The summed E-state index contributed by atoms with van der Waals surface area (Å²) in [5.41, 5.74) is 2.05. The topological polar surface area (TPSA) is 77.1 Å². The quantitative estimate of drug-likeness (QED) is 0.571. The lowest BCUT2D eigenvalue weighted by molar-refractivity contribution is 0.0611. The molecule has 0 aliphatic rings. The Kier molecular flexibility index (Phi) is 6.83. The van der Waals surface area contributed by atoms with Crippen LogP contribution in [0.3, 0.4) is 0 Å². The van der Waals surface area contributed by atoms with Crippen molar-refractivity contribution < 1.29 is 18.3 Å². The SMILES string of the molecule is COCc1cnc(C(OCc2ccc(F)cc2F)c2cc(C)[nH]c(=O)c2Br)cn1. The fourth-order valence-corrected chi connectivity index (χ4v) is 3.18. The zero-order valence-corrected chi connectivity index (χ0v) is 17.3. The summed E-state index contributed by atoms with van der Waals surface area (Å²) in [6.45, 7) is 1.88. The van der Waals surface area contributed by atoms with Crippen molar-refractivity contribution in [3.8, 4) is 0 Å². The number of H-pyrrole nitrogens is 1. The van der Waals surface area contributed by atoms with Gasteiger partial charge in [0.25, 0.3) is 5.56 Å². The molecule has 2 aromatic heterocycles. The van der Waals surface area contributed by atoms with Crippen molar-refractivity contribution in [1.82, 2.24) is 15.0 Å². The highest BCUT2D eigenvalue weighted by Crippen LogP contribution is 2.30. The Morgan fingerprint density at radius 3 is 2.62 bits per heavy atom. The molecule has 9 heteroatoms. The number of aryl methyl sites for hydroxylation is 1. The molecule has 0 radical (unpaired) electrons. The van der Waals surface area contributed by atoms with E-state index in [2.05, 4.69) is 30.9 Å². The van der Waals surface area contributed by atoms with Gasteiger partial charge in [0.15, 0.2) is 0 Å². The van der Waals surface area contributed by atoms with Crippen LogP contribution in [0.4, 0.5) is 8.78 Å². The second-order valence-corrected chi connectivity index (χ2v) is 7.14. The maximum absolute atomic E-state index is 14.0. The van der Waals surface area contributed by atoms with Gasteiger partial charge in [0.1, 0.15) is 17.7 Å². The molecule has 0 fully saturated rings. The molecular formula is C20H18BrF2N3O3. The van der Waals surface area contributed by atoms with Gasteiger partial charge in [-0.15, -0.1) is 0 Å². The Labute approximate surface area is 174 Å². The van der Waals surface area contributed by atoms with Crippen molar-refractivity contribution in [1.29, 1.82) is 0 Å². The van der Waals surface area contributed by atoms with E-state index in [4.69, 9.17) is 9.47 Å². The molecule has 6 nitrogen and oxygen atoms in total. The maximum atomic E-state index is 14.0. The summed E-state index contributed by atoms with van der Waals surface area (Å²) >= 11 is 3.29. The number of aromatic nitrogens is 3. The van der Waals surface area contributed by atoms with Crippen LogP contribution in [0.1, 0.15) is 34.3 Å². The number of methoxy groups -OCH3 is 1. The number of ether oxygens (including phenoxy) is 2. The van der Waals surface area contributed by atoms with Crippen LogP contribution in [0.25, 0.3) is 0 Å². The Balaban J connectivity index is 1.98. The Morgan fingerprint density at radius 1 is 1.17 bits per heavy atom. The van der Waals surface area contributed by atoms with E-state index in [1.165, 1.54) is 12.3 Å². The highest BCUT2D eigenvalue weighted by molar-refractivity contribution is 9.10. The molecule has 0 spiro atoms. The van der Waals surface area contributed by atoms with Crippen LogP contribution in [0.15, 0.2) is 45.9 Å². The third-order valence-corrected chi connectivity index (χ3v) is 4.94. The molecule has 0 saturated heterocycles. The largest absolute Gasteiger partial charge is 0.378 e. The standard InChI is InChI=1S/C20H18BrF2N3O3/c1-11-5-15(18(21)20(27)26-11)19(17-8-24-14(7-25-17)10-28-2)29-9-12-3-4-13(22)6-16(12)23/h3-8,19H,9-10H2,1-2H3,(H,26,27). The van der Waals surface area contributed by atoms with Gasteiger partial charge >= 0.3 is 0 Å². The van der Waals surface area contributed by atoms with E-state index in [0.717, 1.165) is 12.1 Å². The lowest BCUT2D eigenvalue weighted by atomic mass is 10.1. The molecule has 3 rings (SSSR count). The van der Waals surface area contributed by atoms with Crippen molar-refractivity contribution in [2.24, 2.45) is 0 Å². The molecule has 0 amide bonds. The molecule has 29 heavy (non-hydrogen) atoms. The average Bonchev–Trinajstić information content (AvgIpc) is 2.68. The molecule has 1 aromatic carbocycles. The second-order valence-electron chi connectivity index (χ2n) is 6.34. The van der Waals surface area contributed by atoms with E-state index in [1.54, 1.807) is 26.3 Å². The minimum Gasteiger partial charge on any atom is -0.378 e. The van der Waals surface area contributed by atoms with Crippen molar-refractivity contribution in [2.75, 3.05) is 7.11 Å². The van der Waals surface area contributed by atoms with Gasteiger partial charge in [-0.3, -0.25) is 14.8 Å². The predicted octanol–water partition coefficient (Wildman–Crippen LogP) is 3.97. The third-order valence-electron chi connectivity index (χ3n) is 4.12. The lowest BCUT2D eigenvalue weighted by Crippen LogP contribution is -2.17. The molecule has 152 valence electrons. The second kappa shape index (κ2) is 9.34. The fraction of sp³-hybridized carbons (Fsp3) is 0.250. The summed E-state index contributed by atoms with van der Waals surface area (Å²) in [4.78, 5) is 23.5. The number of benzene rings is 1. The Hall–Kier alpha value is -2.49. The summed E-state index contributed by atoms with van der Waals surface area (Å²) in [6, 6.07) is 5.00. The van der Waals surface area contributed by atoms with Gasteiger partial charge in [0.05, 0.1) is 41.5 Å². The summed E-state index contributed by atoms with van der Waals surface area (Å²) in [5.74, 6) is -1.39. The van der Waals surface area contributed by atoms with Gasteiger partial charge < -0.3 is 14.5 Å². The first kappa shape index (κ1) is 21.2. The average molecular weight is 466 g/mol. The summed E-state index contributed by atoms with van der Waals surface area (Å²) in [6.07, 6.45) is 2.25. The van der Waals surface area contributed by atoms with E-state index < -0.39 is 17.7 Å². The lowest BCUT2D eigenvalue weighted by Gasteiger charge is -2.20. The third kappa shape index (κ3) is 5.11. The highest BCUT2D eigenvalue weighted by Gasteiger charge is 2.22. The Morgan fingerprint density at radius 2 is 1.97 bits per heavy atom. The molecular weight excluding hydrogens is 448 g/mol. The highest BCUT2D eigenvalue weighted by atomic mass is 79.9. The number of nitrogens with one attached hydrogen (secondary N) is 1. The summed E-state index contributed by atoms with van der Waals surface area (Å²) < 4.78 is 38.4. The number of aromatic amines is 1. The van der Waals surface area contributed by atoms with Crippen molar-refractivity contribution in [3.63, 3.8) is 0 Å². The van der Waals surface area contributed by atoms with E-state index in [9.17, 15) is 13.6 Å². The first-order valence-electron chi connectivity index (χ1n) is 8.63. The van der Waals surface area contributed by atoms with Crippen LogP contribution in [0.5, 0.6) is 0 Å².